The molecule has 0 unspecified atom stereocenters. The minimum absolute atomic E-state index is 0. The van der Waals surface area contributed by atoms with Crippen molar-refractivity contribution in [2.75, 3.05) is 0 Å². The van der Waals surface area contributed by atoms with Crippen LogP contribution in [-0.4, -0.2) is 21.7 Å². The van der Waals surface area contributed by atoms with Crippen LogP contribution in [0.15, 0.2) is 132 Å². The van der Waals surface area contributed by atoms with Crippen molar-refractivity contribution in [3.8, 4) is 11.5 Å². The first-order chi connectivity index (χ1) is 24.7. The number of rotatable bonds is 13. The van der Waals surface area contributed by atoms with Crippen LogP contribution < -0.4 is 20.5 Å². The summed E-state index contributed by atoms with van der Waals surface area (Å²) in [5.41, 5.74) is 10.2. The molecule has 8 nitrogen and oxygen atoms in total. The predicted molar refractivity (Wildman–Crippen MR) is 212 cm³/mol. The molecule has 4 aromatic carbocycles. The summed E-state index contributed by atoms with van der Waals surface area (Å²) < 4.78 is 17.0. The number of ether oxygens (including phenoxy) is 3. The Morgan fingerprint density at radius 3 is 1.58 bits per heavy atom. The number of nitrogens with two attached hydrogens (primary N) is 1. The van der Waals surface area contributed by atoms with E-state index in [2.05, 4.69) is 39.6 Å². The van der Waals surface area contributed by atoms with Crippen molar-refractivity contribution >= 4 is 41.2 Å². The minimum Gasteiger partial charge on any atom is -0.489 e. The minimum atomic E-state index is -0.546. The van der Waals surface area contributed by atoms with Gasteiger partial charge in [-0.3, -0.25) is 0 Å². The predicted octanol–water partition coefficient (Wildman–Crippen LogP) is 9.92. The Morgan fingerprint density at radius 1 is 0.673 bits per heavy atom. The number of benzene rings is 4. The molecule has 11 heteroatoms. The summed E-state index contributed by atoms with van der Waals surface area (Å²) >= 11 is 3.11. The fourth-order valence-corrected chi connectivity index (χ4v) is 6.31. The van der Waals surface area contributed by atoms with E-state index >= 15 is 0 Å². The molecule has 2 aromatic heterocycles. The highest BCUT2D eigenvalue weighted by atomic mass is 35.5. The molecular formula is C41H45ClN4O4S2. The van der Waals surface area contributed by atoms with Crippen molar-refractivity contribution in [1.82, 2.24) is 15.3 Å². The van der Waals surface area contributed by atoms with Gasteiger partial charge >= 0.3 is 6.09 Å². The normalized spacial score (nSPS) is 11.9. The zero-order chi connectivity index (χ0) is 35.9. The number of hydrogen-bond acceptors (Lipinski definition) is 9. The van der Waals surface area contributed by atoms with Crippen LogP contribution >= 0.6 is 35.1 Å². The molecule has 0 radical (unpaired) electrons. The number of hydrogen-bond donors (Lipinski definition) is 2. The second kappa shape index (κ2) is 20.3. The number of amides is 1. The number of thiazole rings is 2. The second-order valence-electron chi connectivity index (χ2n) is 12.8. The van der Waals surface area contributed by atoms with Gasteiger partial charge in [-0.2, -0.15) is 0 Å². The van der Waals surface area contributed by atoms with Crippen LogP contribution in [0.4, 0.5) is 4.79 Å². The Kier molecular flexibility index (Phi) is 15.7. The monoisotopic (exact) mass is 756 g/mol. The van der Waals surface area contributed by atoms with Gasteiger partial charge in [0.15, 0.2) is 0 Å². The summed E-state index contributed by atoms with van der Waals surface area (Å²) in [4.78, 5) is 20.9. The molecule has 52 heavy (non-hydrogen) atoms. The summed E-state index contributed by atoms with van der Waals surface area (Å²) in [7, 11) is 0. The summed E-state index contributed by atoms with van der Waals surface area (Å²) in [6.45, 7) is 6.65. The number of aromatic nitrogens is 2. The molecule has 2 atom stereocenters. The second-order valence-corrected chi connectivity index (χ2v) is 14.6. The molecule has 0 bridgehead atoms. The van der Waals surface area contributed by atoms with Crippen molar-refractivity contribution in [2.45, 2.75) is 64.5 Å². The molecule has 0 aliphatic rings. The molecule has 0 spiro atoms. The Morgan fingerprint density at radius 2 is 1.13 bits per heavy atom. The van der Waals surface area contributed by atoms with Crippen molar-refractivity contribution in [2.24, 2.45) is 5.73 Å². The summed E-state index contributed by atoms with van der Waals surface area (Å²) in [6, 6.07) is 35.9. The maximum absolute atomic E-state index is 12.3. The molecule has 0 saturated heterocycles. The summed E-state index contributed by atoms with van der Waals surface area (Å²) in [6.07, 6.45) is 4.49. The van der Waals surface area contributed by atoms with Gasteiger partial charge in [0.25, 0.3) is 0 Å². The van der Waals surface area contributed by atoms with Crippen LogP contribution in [0.25, 0.3) is 0 Å². The van der Waals surface area contributed by atoms with Gasteiger partial charge in [-0.25, -0.2) is 14.8 Å². The average molecular weight is 757 g/mol. The van der Waals surface area contributed by atoms with Crippen LogP contribution in [0.2, 0.25) is 0 Å². The zero-order valence-electron chi connectivity index (χ0n) is 29.5. The Bertz CT molecular complexity index is 1850. The lowest BCUT2D eigenvalue weighted by atomic mass is 10.1. The maximum atomic E-state index is 12.3. The van der Waals surface area contributed by atoms with Crippen molar-refractivity contribution in [3.63, 3.8) is 0 Å². The third-order valence-electron chi connectivity index (χ3n) is 7.45. The van der Waals surface area contributed by atoms with Crippen LogP contribution in [0.3, 0.4) is 0 Å². The Balaban J connectivity index is 0.000000236. The Hall–Kier alpha value is -4.74. The number of carbonyl (C=O) groups is 1. The van der Waals surface area contributed by atoms with E-state index in [0.29, 0.717) is 19.6 Å². The highest BCUT2D eigenvalue weighted by Gasteiger charge is 2.22. The fourth-order valence-electron chi connectivity index (χ4n) is 4.98. The quantitative estimate of drug-likeness (QED) is 0.121. The summed E-state index contributed by atoms with van der Waals surface area (Å²) in [5.74, 6) is 1.68. The first kappa shape index (κ1) is 40.0. The lowest BCUT2D eigenvalue weighted by Gasteiger charge is -2.23. The van der Waals surface area contributed by atoms with Crippen molar-refractivity contribution in [3.05, 3.63) is 165 Å². The van der Waals surface area contributed by atoms with E-state index in [1.807, 2.05) is 116 Å². The van der Waals surface area contributed by atoms with Crippen molar-refractivity contribution < 1.29 is 19.0 Å². The van der Waals surface area contributed by atoms with Gasteiger partial charge < -0.3 is 25.3 Å². The molecule has 3 N–H and O–H groups in total. The smallest absolute Gasteiger partial charge is 0.408 e. The Labute approximate surface area is 320 Å². The van der Waals surface area contributed by atoms with Gasteiger partial charge in [0.2, 0.25) is 0 Å². The van der Waals surface area contributed by atoms with E-state index in [1.54, 1.807) is 23.7 Å². The van der Waals surface area contributed by atoms with Crippen LogP contribution in [0, 0.1) is 0 Å². The summed E-state index contributed by atoms with van der Waals surface area (Å²) in [5, 5.41) is 8.62. The largest absolute Gasteiger partial charge is 0.489 e. The molecule has 6 rings (SSSR count). The molecule has 0 aliphatic heterocycles. The van der Waals surface area contributed by atoms with Gasteiger partial charge in [0.05, 0.1) is 12.1 Å². The van der Waals surface area contributed by atoms with Crippen LogP contribution in [-0.2, 0) is 30.8 Å². The van der Waals surface area contributed by atoms with Crippen LogP contribution in [0.1, 0.15) is 65.1 Å². The zero-order valence-corrected chi connectivity index (χ0v) is 32.0. The third-order valence-corrected chi connectivity index (χ3v) is 9.24. The number of nitrogens with zero attached hydrogens (tertiary/aromatic N) is 2. The highest BCUT2D eigenvalue weighted by Crippen LogP contribution is 2.24. The van der Waals surface area contributed by atoms with E-state index in [4.69, 9.17) is 19.9 Å². The molecule has 0 aliphatic carbocycles. The highest BCUT2D eigenvalue weighted by molar-refractivity contribution is 7.09. The lowest BCUT2D eigenvalue weighted by Crippen LogP contribution is -2.35. The van der Waals surface area contributed by atoms with E-state index in [0.717, 1.165) is 44.6 Å². The van der Waals surface area contributed by atoms with E-state index in [-0.39, 0.29) is 24.5 Å². The van der Waals surface area contributed by atoms with Gasteiger partial charge in [-0.1, -0.05) is 84.9 Å². The number of nitrogens with one attached hydrogen (secondary N) is 1. The molecule has 1 amide bonds. The first-order valence-electron chi connectivity index (χ1n) is 16.8. The van der Waals surface area contributed by atoms with Crippen LogP contribution in [0.5, 0.6) is 11.5 Å². The number of halogens is 1. The third kappa shape index (κ3) is 13.8. The van der Waals surface area contributed by atoms with Gasteiger partial charge in [0.1, 0.15) is 40.3 Å². The molecule has 6 aromatic rings. The molecule has 2 heterocycles. The molecule has 0 fully saturated rings. The average Bonchev–Trinajstić information content (AvgIpc) is 3.87. The first-order valence-corrected chi connectivity index (χ1v) is 18.5. The SMILES string of the molecule is CC(C)(C)OC(=O)N[C@H](Cc1ccc(OCc2ccccc2)cc1)c1nccs1.Cl.N[C@@H](Cc1ccc(OCc2ccccc2)cc1)c1nccs1. The maximum Gasteiger partial charge on any atom is 0.408 e. The van der Waals surface area contributed by atoms with Gasteiger partial charge in [0, 0.05) is 23.2 Å². The van der Waals surface area contributed by atoms with E-state index in [9.17, 15) is 4.79 Å². The van der Waals surface area contributed by atoms with E-state index < -0.39 is 11.7 Å². The standard InChI is InChI=1S/C23H26N2O3S.C18H18N2OS.ClH/c1-23(2,3)28-22(26)25-20(21-24-13-14-29-21)15-17-9-11-19(12-10-17)27-16-18-7-5-4-6-8-18;19-17(18-20-10-11-22-18)12-14-6-8-16(9-7-14)21-13-15-4-2-1-3-5-15;/h4-14,20H,15-16H2,1-3H3,(H,25,26);1-11,17H,12-13,19H2;1H/t20-;17-;/m10./s1. The van der Waals surface area contributed by atoms with Crippen molar-refractivity contribution in [1.29, 1.82) is 0 Å². The topological polar surface area (TPSA) is 109 Å². The van der Waals surface area contributed by atoms with Gasteiger partial charge in [-0.15, -0.1) is 35.1 Å². The molecular weight excluding hydrogens is 712 g/mol. The fraction of sp³-hybridized carbons (Fsp3) is 0.244. The lowest BCUT2D eigenvalue weighted by molar-refractivity contribution is 0.0503. The number of carbonyl (C=O) groups excluding carboxylic acids is 1. The van der Waals surface area contributed by atoms with E-state index in [1.165, 1.54) is 16.9 Å². The van der Waals surface area contributed by atoms with Gasteiger partial charge in [-0.05, 0) is 80.1 Å². The number of alkyl carbamates (subject to hydrolysis) is 1. The molecule has 0 saturated carbocycles. The molecule has 272 valence electrons.